The summed E-state index contributed by atoms with van der Waals surface area (Å²) in [7, 11) is 0. The summed E-state index contributed by atoms with van der Waals surface area (Å²) in [5, 5.41) is 5.11. The van der Waals surface area contributed by atoms with Crippen molar-refractivity contribution in [2.75, 3.05) is 5.43 Å². The average molecular weight is 331 g/mol. The Labute approximate surface area is 135 Å². The van der Waals surface area contributed by atoms with Crippen LogP contribution in [0, 0.1) is 0 Å². The third-order valence-corrected chi connectivity index (χ3v) is 3.94. The largest absolute Gasteiger partial charge is 0.364 e. The Hall–Kier alpha value is -2.44. The van der Waals surface area contributed by atoms with Gasteiger partial charge in [0.05, 0.1) is 11.9 Å². The van der Waals surface area contributed by atoms with E-state index in [4.69, 9.17) is 11.6 Å². The van der Waals surface area contributed by atoms with E-state index < -0.39 is 0 Å². The summed E-state index contributed by atoms with van der Waals surface area (Å²) in [4.78, 5) is 15.8. The van der Waals surface area contributed by atoms with Crippen molar-refractivity contribution in [3.8, 4) is 5.69 Å². The highest BCUT2D eigenvalue weighted by molar-refractivity contribution is 7.10. The predicted octanol–water partition coefficient (Wildman–Crippen LogP) is 3.39. The summed E-state index contributed by atoms with van der Waals surface area (Å²) < 4.78 is 1.47. The predicted molar refractivity (Wildman–Crippen MR) is 90.4 cm³/mol. The quantitative estimate of drug-likeness (QED) is 0.589. The maximum absolute atomic E-state index is 11.9. The molecule has 0 unspecified atom stereocenters. The van der Waals surface area contributed by atoms with Gasteiger partial charge in [-0.2, -0.15) is 10.1 Å². The molecule has 1 aromatic heterocycles. The van der Waals surface area contributed by atoms with E-state index in [1.165, 1.54) is 15.5 Å². The molecule has 0 aliphatic heterocycles. The minimum absolute atomic E-state index is 0.357. The van der Waals surface area contributed by atoms with E-state index in [2.05, 4.69) is 15.5 Å². The Morgan fingerprint density at radius 3 is 2.59 bits per heavy atom. The van der Waals surface area contributed by atoms with Gasteiger partial charge in [-0.25, -0.2) is 8.75 Å². The number of nitrogens with zero attached hydrogens (tertiary/aromatic N) is 3. The molecule has 110 valence electrons. The van der Waals surface area contributed by atoms with E-state index in [1.54, 1.807) is 30.5 Å². The van der Waals surface area contributed by atoms with Crippen molar-refractivity contribution in [3.63, 3.8) is 0 Å². The van der Waals surface area contributed by atoms with Crippen LogP contribution in [0.25, 0.3) is 5.69 Å². The fraction of sp³-hybridized carbons (Fsp3) is 0. The van der Waals surface area contributed by atoms with Gasteiger partial charge in [-0.1, -0.05) is 41.9 Å². The Balaban J connectivity index is 1.76. The van der Waals surface area contributed by atoms with Crippen molar-refractivity contribution in [2.24, 2.45) is 5.10 Å². The number of nitrogens with one attached hydrogen (secondary N) is 1. The number of hydrogen-bond donors (Lipinski definition) is 1. The zero-order chi connectivity index (χ0) is 15.4. The molecule has 1 heterocycles. The van der Waals surface area contributed by atoms with Crippen LogP contribution in [-0.2, 0) is 0 Å². The standard InChI is InChI=1S/C15H11ClN4OS/c16-12-6-8-13(9-7-12)20-15(21)18-14(22-20)19-17-10-11-4-2-1-3-5-11/h1-10H,(H,18,19,21)/b17-10+. The van der Waals surface area contributed by atoms with Gasteiger partial charge in [0.2, 0.25) is 5.13 Å². The number of anilines is 1. The fourth-order valence-corrected chi connectivity index (χ4v) is 2.62. The molecule has 0 aliphatic carbocycles. The second-order valence-electron chi connectivity index (χ2n) is 4.34. The van der Waals surface area contributed by atoms with Crippen LogP contribution in [-0.4, -0.2) is 15.2 Å². The average Bonchev–Trinajstić information content (AvgIpc) is 2.90. The van der Waals surface area contributed by atoms with Gasteiger partial charge in [0.25, 0.3) is 0 Å². The van der Waals surface area contributed by atoms with Gasteiger partial charge >= 0.3 is 5.69 Å². The Bertz CT molecular complexity index is 840. The van der Waals surface area contributed by atoms with Gasteiger partial charge in [-0.05, 0) is 41.4 Å². The lowest BCUT2D eigenvalue weighted by molar-refractivity contribution is 1.05. The third kappa shape index (κ3) is 3.41. The monoisotopic (exact) mass is 330 g/mol. The normalized spacial score (nSPS) is 11.0. The van der Waals surface area contributed by atoms with Gasteiger partial charge in [-0.3, -0.25) is 5.43 Å². The molecule has 1 N–H and O–H groups in total. The van der Waals surface area contributed by atoms with Crippen LogP contribution in [0.3, 0.4) is 0 Å². The highest BCUT2D eigenvalue weighted by atomic mass is 35.5. The first kappa shape index (κ1) is 14.5. The second-order valence-corrected chi connectivity index (χ2v) is 5.71. The molecule has 3 aromatic rings. The van der Waals surface area contributed by atoms with Crippen LogP contribution in [0.4, 0.5) is 5.13 Å². The second kappa shape index (κ2) is 6.55. The minimum atomic E-state index is -0.357. The van der Waals surface area contributed by atoms with Crippen LogP contribution in [0.15, 0.2) is 64.5 Å². The number of aromatic nitrogens is 2. The topological polar surface area (TPSA) is 59.3 Å². The molecule has 0 fully saturated rings. The highest BCUT2D eigenvalue weighted by Gasteiger charge is 2.07. The Kier molecular flexibility index (Phi) is 4.32. The molecule has 2 aromatic carbocycles. The molecule has 3 rings (SSSR count). The molecular weight excluding hydrogens is 320 g/mol. The van der Waals surface area contributed by atoms with E-state index >= 15 is 0 Å². The van der Waals surface area contributed by atoms with Crippen LogP contribution >= 0.6 is 23.1 Å². The maximum atomic E-state index is 11.9. The van der Waals surface area contributed by atoms with Gasteiger partial charge in [-0.15, -0.1) is 0 Å². The minimum Gasteiger partial charge on any atom is -0.251 e. The van der Waals surface area contributed by atoms with Crippen molar-refractivity contribution in [2.45, 2.75) is 0 Å². The van der Waals surface area contributed by atoms with Crippen molar-refractivity contribution in [1.29, 1.82) is 0 Å². The Morgan fingerprint density at radius 2 is 1.86 bits per heavy atom. The summed E-state index contributed by atoms with van der Waals surface area (Å²) in [6.45, 7) is 0. The summed E-state index contributed by atoms with van der Waals surface area (Å²) in [6, 6.07) is 16.6. The van der Waals surface area contributed by atoms with Crippen LogP contribution in [0.2, 0.25) is 5.02 Å². The molecule has 0 aliphatic rings. The molecule has 5 nitrogen and oxygen atoms in total. The summed E-state index contributed by atoms with van der Waals surface area (Å²) in [5.41, 5.74) is 4.08. The van der Waals surface area contributed by atoms with E-state index in [9.17, 15) is 4.79 Å². The van der Waals surface area contributed by atoms with Gasteiger partial charge < -0.3 is 0 Å². The summed E-state index contributed by atoms with van der Waals surface area (Å²) >= 11 is 7.02. The first-order valence-corrected chi connectivity index (χ1v) is 7.58. The van der Waals surface area contributed by atoms with Crippen molar-refractivity contribution in [1.82, 2.24) is 8.94 Å². The van der Waals surface area contributed by atoms with E-state index in [0.29, 0.717) is 15.8 Å². The molecule has 0 saturated carbocycles. The third-order valence-electron chi connectivity index (χ3n) is 2.78. The van der Waals surface area contributed by atoms with Crippen LogP contribution in [0.1, 0.15) is 5.56 Å². The number of halogens is 1. The number of benzene rings is 2. The maximum Gasteiger partial charge on any atom is 0.364 e. The number of hydrogen-bond acceptors (Lipinski definition) is 5. The highest BCUT2D eigenvalue weighted by Crippen LogP contribution is 2.17. The molecule has 0 radical (unpaired) electrons. The van der Waals surface area contributed by atoms with E-state index in [1.807, 2.05) is 30.3 Å². The van der Waals surface area contributed by atoms with Crippen molar-refractivity contribution >= 4 is 34.5 Å². The zero-order valence-corrected chi connectivity index (χ0v) is 12.9. The van der Waals surface area contributed by atoms with Gasteiger partial charge in [0.1, 0.15) is 0 Å². The molecule has 0 bridgehead atoms. The molecular formula is C15H11ClN4OS. The van der Waals surface area contributed by atoms with E-state index in [-0.39, 0.29) is 5.69 Å². The van der Waals surface area contributed by atoms with Crippen molar-refractivity contribution in [3.05, 3.63) is 75.7 Å². The first-order valence-electron chi connectivity index (χ1n) is 6.43. The lowest BCUT2D eigenvalue weighted by Gasteiger charge is -1.98. The Morgan fingerprint density at radius 1 is 1.14 bits per heavy atom. The van der Waals surface area contributed by atoms with Gasteiger partial charge in [0, 0.05) is 5.02 Å². The van der Waals surface area contributed by atoms with Crippen LogP contribution < -0.4 is 11.1 Å². The molecule has 22 heavy (non-hydrogen) atoms. The van der Waals surface area contributed by atoms with Crippen molar-refractivity contribution < 1.29 is 0 Å². The first-order chi connectivity index (χ1) is 10.7. The number of hydrazone groups is 1. The summed E-state index contributed by atoms with van der Waals surface area (Å²) in [6.07, 6.45) is 1.67. The fourth-order valence-electron chi connectivity index (χ4n) is 1.76. The van der Waals surface area contributed by atoms with E-state index in [0.717, 1.165) is 5.56 Å². The van der Waals surface area contributed by atoms with Gasteiger partial charge in [0.15, 0.2) is 0 Å². The molecule has 0 saturated heterocycles. The lowest BCUT2D eigenvalue weighted by atomic mass is 10.2. The molecule has 0 amide bonds. The molecule has 0 atom stereocenters. The number of rotatable bonds is 4. The zero-order valence-electron chi connectivity index (χ0n) is 11.3. The lowest BCUT2D eigenvalue weighted by Crippen LogP contribution is -2.12. The van der Waals surface area contributed by atoms with Crippen LogP contribution in [0.5, 0.6) is 0 Å². The molecule has 0 spiro atoms. The smallest absolute Gasteiger partial charge is 0.251 e. The SMILES string of the molecule is O=c1nc(N/N=C/c2ccccc2)sn1-c1ccc(Cl)cc1. The molecule has 7 heteroatoms. The summed E-state index contributed by atoms with van der Waals surface area (Å²) in [5.74, 6) is 0.